The maximum atomic E-state index is 3.74. The van der Waals surface area contributed by atoms with Crippen molar-refractivity contribution in [3.63, 3.8) is 0 Å². The minimum atomic E-state index is 0.628. The molecule has 0 aromatic heterocycles. The lowest BCUT2D eigenvalue weighted by Gasteiger charge is -2.20. The average Bonchev–Trinajstić information content (AvgIpc) is 2.97. The molecule has 1 aliphatic rings. The van der Waals surface area contributed by atoms with Crippen molar-refractivity contribution in [1.82, 2.24) is 5.32 Å². The van der Waals surface area contributed by atoms with E-state index in [1.165, 1.54) is 55.4 Å². The molecule has 1 N–H and O–H groups in total. The molecule has 1 fully saturated rings. The highest BCUT2D eigenvalue weighted by molar-refractivity contribution is 7.99. The highest BCUT2D eigenvalue weighted by Crippen LogP contribution is 2.30. The lowest BCUT2D eigenvalue weighted by atomic mass is 10.1. The molecule has 0 heterocycles. The summed E-state index contributed by atoms with van der Waals surface area (Å²) in [6.45, 7) is 5.55. The Morgan fingerprint density at radius 2 is 1.90 bits per heavy atom. The number of hydrogen-bond acceptors (Lipinski definition) is 2. The molecule has 0 bridgehead atoms. The minimum absolute atomic E-state index is 0.628. The Balaban J connectivity index is 1.83. The lowest BCUT2D eigenvalue weighted by molar-refractivity contribution is 0.549. The molecule has 0 amide bonds. The van der Waals surface area contributed by atoms with Crippen molar-refractivity contribution >= 4 is 11.8 Å². The first-order valence-corrected chi connectivity index (χ1v) is 9.23. The van der Waals surface area contributed by atoms with Gasteiger partial charge in [-0.2, -0.15) is 11.8 Å². The van der Waals surface area contributed by atoms with Crippen molar-refractivity contribution in [3.05, 3.63) is 35.4 Å². The van der Waals surface area contributed by atoms with Crippen LogP contribution in [0.4, 0.5) is 0 Å². The van der Waals surface area contributed by atoms with Gasteiger partial charge in [0.15, 0.2) is 0 Å². The normalized spacial score (nSPS) is 17.5. The molecule has 0 saturated heterocycles. The second-order valence-corrected chi connectivity index (χ2v) is 7.41. The fourth-order valence-corrected chi connectivity index (χ4v) is 4.26. The van der Waals surface area contributed by atoms with Gasteiger partial charge in [-0.05, 0) is 44.7 Å². The zero-order valence-electron chi connectivity index (χ0n) is 13.0. The second-order valence-electron chi connectivity index (χ2n) is 6.08. The Morgan fingerprint density at radius 1 is 1.20 bits per heavy atom. The van der Waals surface area contributed by atoms with Crippen LogP contribution in [0.3, 0.4) is 0 Å². The van der Waals surface area contributed by atoms with E-state index in [1.54, 1.807) is 0 Å². The summed E-state index contributed by atoms with van der Waals surface area (Å²) >= 11 is 2.20. The smallest absolute Gasteiger partial charge is 0.0198 e. The molecule has 20 heavy (non-hydrogen) atoms. The highest BCUT2D eigenvalue weighted by atomic mass is 32.2. The molecule has 1 aromatic rings. The van der Waals surface area contributed by atoms with Crippen LogP contribution in [0.15, 0.2) is 24.3 Å². The van der Waals surface area contributed by atoms with Crippen molar-refractivity contribution in [2.24, 2.45) is 0 Å². The minimum Gasteiger partial charge on any atom is -0.313 e. The third-order valence-corrected chi connectivity index (χ3v) is 5.66. The van der Waals surface area contributed by atoms with E-state index in [1.807, 2.05) is 0 Å². The summed E-state index contributed by atoms with van der Waals surface area (Å²) in [7, 11) is 0. The SMILES string of the molecule is CCCNC(CSC1CCCC1)Cc1ccc(C)cc1. The van der Waals surface area contributed by atoms with Crippen molar-refractivity contribution < 1.29 is 0 Å². The Morgan fingerprint density at radius 3 is 2.55 bits per heavy atom. The van der Waals surface area contributed by atoms with Gasteiger partial charge >= 0.3 is 0 Å². The van der Waals surface area contributed by atoms with E-state index in [-0.39, 0.29) is 0 Å². The van der Waals surface area contributed by atoms with Gasteiger partial charge in [-0.15, -0.1) is 0 Å². The molecule has 0 spiro atoms. The number of benzene rings is 1. The zero-order chi connectivity index (χ0) is 14.2. The van der Waals surface area contributed by atoms with Crippen LogP contribution in [0, 0.1) is 6.92 Å². The highest BCUT2D eigenvalue weighted by Gasteiger charge is 2.17. The summed E-state index contributed by atoms with van der Waals surface area (Å²) in [6.07, 6.45) is 8.16. The van der Waals surface area contributed by atoms with Crippen LogP contribution in [0.1, 0.15) is 50.2 Å². The summed E-state index contributed by atoms with van der Waals surface area (Å²) in [6, 6.07) is 9.67. The van der Waals surface area contributed by atoms with E-state index < -0.39 is 0 Å². The monoisotopic (exact) mass is 291 g/mol. The Kier molecular flexibility index (Phi) is 6.95. The van der Waals surface area contributed by atoms with Crippen molar-refractivity contribution in [3.8, 4) is 0 Å². The molecule has 0 radical (unpaired) electrons. The average molecular weight is 292 g/mol. The number of rotatable bonds is 8. The summed E-state index contributed by atoms with van der Waals surface area (Å²) in [5, 5.41) is 4.67. The van der Waals surface area contributed by atoms with Crippen molar-refractivity contribution in [1.29, 1.82) is 0 Å². The van der Waals surface area contributed by atoms with E-state index in [0.29, 0.717) is 6.04 Å². The lowest BCUT2D eigenvalue weighted by Crippen LogP contribution is -2.34. The molecule has 1 aromatic carbocycles. The van der Waals surface area contributed by atoms with Crippen LogP contribution in [0.2, 0.25) is 0 Å². The van der Waals surface area contributed by atoms with Gasteiger partial charge in [0, 0.05) is 17.0 Å². The first-order chi connectivity index (χ1) is 9.78. The first kappa shape index (κ1) is 15.9. The number of nitrogens with one attached hydrogen (secondary N) is 1. The van der Waals surface area contributed by atoms with E-state index in [2.05, 4.69) is 55.2 Å². The quantitative estimate of drug-likeness (QED) is 0.752. The predicted molar refractivity (Wildman–Crippen MR) is 91.7 cm³/mol. The van der Waals surface area contributed by atoms with Crippen molar-refractivity contribution in [2.75, 3.05) is 12.3 Å². The third kappa shape index (κ3) is 5.49. The summed E-state index contributed by atoms with van der Waals surface area (Å²) in [5.74, 6) is 1.26. The van der Waals surface area contributed by atoms with Crippen LogP contribution in [0.5, 0.6) is 0 Å². The second kappa shape index (κ2) is 8.74. The molecular formula is C18H29NS. The van der Waals surface area contributed by atoms with Gasteiger partial charge in [0.05, 0.1) is 0 Å². The van der Waals surface area contributed by atoms with Crippen LogP contribution >= 0.6 is 11.8 Å². The Bertz CT molecular complexity index is 368. The van der Waals surface area contributed by atoms with Gasteiger partial charge in [0.25, 0.3) is 0 Å². The number of hydrogen-bond donors (Lipinski definition) is 1. The molecule has 2 heteroatoms. The maximum Gasteiger partial charge on any atom is 0.0198 e. The molecular weight excluding hydrogens is 262 g/mol. The first-order valence-electron chi connectivity index (χ1n) is 8.18. The molecule has 1 atom stereocenters. The zero-order valence-corrected chi connectivity index (χ0v) is 13.8. The Hall–Kier alpha value is -0.470. The summed E-state index contributed by atoms with van der Waals surface area (Å²) in [5.41, 5.74) is 2.82. The molecule has 2 rings (SSSR count). The maximum absolute atomic E-state index is 3.74. The molecule has 1 saturated carbocycles. The van der Waals surface area contributed by atoms with Crippen LogP contribution in [0.25, 0.3) is 0 Å². The topological polar surface area (TPSA) is 12.0 Å². The van der Waals surface area contributed by atoms with Crippen LogP contribution in [-0.4, -0.2) is 23.6 Å². The summed E-state index contributed by atoms with van der Waals surface area (Å²) in [4.78, 5) is 0. The van der Waals surface area contributed by atoms with E-state index in [0.717, 1.165) is 11.8 Å². The van der Waals surface area contributed by atoms with E-state index in [4.69, 9.17) is 0 Å². The fourth-order valence-electron chi connectivity index (χ4n) is 2.85. The van der Waals surface area contributed by atoms with Gasteiger partial charge in [-0.1, -0.05) is 49.6 Å². The van der Waals surface area contributed by atoms with E-state index in [9.17, 15) is 0 Å². The molecule has 1 aliphatic carbocycles. The van der Waals surface area contributed by atoms with Gasteiger partial charge in [0.2, 0.25) is 0 Å². The predicted octanol–water partition coefficient (Wildman–Crippen LogP) is 4.58. The van der Waals surface area contributed by atoms with E-state index >= 15 is 0 Å². The van der Waals surface area contributed by atoms with Gasteiger partial charge < -0.3 is 5.32 Å². The molecule has 112 valence electrons. The number of aryl methyl sites for hydroxylation is 1. The third-order valence-electron chi connectivity index (χ3n) is 4.12. The largest absolute Gasteiger partial charge is 0.313 e. The van der Waals surface area contributed by atoms with Gasteiger partial charge in [0.1, 0.15) is 0 Å². The van der Waals surface area contributed by atoms with Gasteiger partial charge in [-0.3, -0.25) is 0 Å². The van der Waals surface area contributed by atoms with Crippen LogP contribution in [-0.2, 0) is 6.42 Å². The van der Waals surface area contributed by atoms with Crippen LogP contribution < -0.4 is 5.32 Å². The van der Waals surface area contributed by atoms with Gasteiger partial charge in [-0.25, -0.2) is 0 Å². The molecule has 1 unspecified atom stereocenters. The Labute approximate surface area is 128 Å². The summed E-state index contributed by atoms with van der Waals surface area (Å²) < 4.78 is 0. The molecule has 1 nitrogen and oxygen atoms in total. The molecule has 0 aliphatic heterocycles. The standard InChI is InChI=1S/C18H29NS/c1-3-12-19-17(14-20-18-6-4-5-7-18)13-16-10-8-15(2)9-11-16/h8-11,17-19H,3-7,12-14H2,1-2H3. The number of thioether (sulfide) groups is 1. The van der Waals surface area contributed by atoms with Crippen molar-refractivity contribution in [2.45, 2.75) is 63.7 Å². The fraction of sp³-hybridized carbons (Fsp3) is 0.667.